The summed E-state index contributed by atoms with van der Waals surface area (Å²) in [6.45, 7) is 0.649. The van der Waals surface area contributed by atoms with Gasteiger partial charge in [0, 0.05) is 24.7 Å². The molecule has 0 saturated carbocycles. The largest absolute Gasteiger partial charge is 0.346 e. The average Bonchev–Trinajstić information content (AvgIpc) is 2.87. The van der Waals surface area contributed by atoms with Crippen LogP contribution in [0.25, 0.3) is 10.8 Å². The van der Waals surface area contributed by atoms with E-state index in [2.05, 4.69) is 52.4 Å². The fourth-order valence-electron chi connectivity index (χ4n) is 2.41. The molecule has 0 unspecified atom stereocenters. The number of H-pyrrole nitrogens is 1. The van der Waals surface area contributed by atoms with Gasteiger partial charge in [-0.25, -0.2) is 4.98 Å². The lowest BCUT2D eigenvalue weighted by molar-refractivity contribution is 0.920. The van der Waals surface area contributed by atoms with Crippen molar-refractivity contribution in [3.63, 3.8) is 0 Å². The van der Waals surface area contributed by atoms with Crippen LogP contribution in [0.3, 0.4) is 0 Å². The normalized spacial score (nSPS) is 11.0. The fraction of sp³-hybridized carbons (Fsp3) is 0.188. The van der Waals surface area contributed by atoms with Crippen LogP contribution < -0.4 is 5.73 Å². The third-order valence-electron chi connectivity index (χ3n) is 3.33. The minimum atomic E-state index is 0.649. The quantitative estimate of drug-likeness (QED) is 0.749. The first-order valence-corrected chi connectivity index (χ1v) is 6.56. The van der Waals surface area contributed by atoms with Crippen molar-refractivity contribution in [3.05, 3.63) is 65.7 Å². The van der Waals surface area contributed by atoms with Crippen LogP contribution in [0.5, 0.6) is 0 Å². The Labute approximate surface area is 112 Å². The molecule has 3 N–H and O–H groups in total. The Balaban J connectivity index is 1.92. The highest BCUT2D eigenvalue weighted by Crippen LogP contribution is 2.20. The van der Waals surface area contributed by atoms with Crippen molar-refractivity contribution in [2.75, 3.05) is 6.54 Å². The highest BCUT2D eigenvalue weighted by Gasteiger charge is 2.05. The van der Waals surface area contributed by atoms with E-state index < -0.39 is 0 Å². The molecule has 0 aliphatic rings. The third kappa shape index (κ3) is 2.51. The van der Waals surface area contributed by atoms with Gasteiger partial charge in [0.25, 0.3) is 0 Å². The van der Waals surface area contributed by atoms with Gasteiger partial charge in [-0.05, 0) is 22.9 Å². The van der Waals surface area contributed by atoms with Gasteiger partial charge in [-0.2, -0.15) is 0 Å². The maximum absolute atomic E-state index is 5.55. The number of hydrogen-bond donors (Lipinski definition) is 2. The minimum Gasteiger partial charge on any atom is -0.346 e. The summed E-state index contributed by atoms with van der Waals surface area (Å²) < 4.78 is 0. The summed E-state index contributed by atoms with van der Waals surface area (Å²) in [5.41, 5.74) is 7.96. The van der Waals surface area contributed by atoms with Gasteiger partial charge in [-0.3, -0.25) is 0 Å². The molecule has 3 aromatic rings. The van der Waals surface area contributed by atoms with Crippen LogP contribution in [0.2, 0.25) is 0 Å². The van der Waals surface area contributed by atoms with Gasteiger partial charge >= 0.3 is 0 Å². The first-order valence-electron chi connectivity index (χ1n) is 6.56. The van der Waals surface area contributed by atoms with Crippen LogP contribution in [0.4, 0.5) is 0 Å². The minimum absolute atomic E-state index is 0.649. The number of nitrogens with two attached hydrogens (primary N) is 1. The summed E-state index contributed by atoms with van der Waals surface area (Å²) in [4.78, 5) is 7.76. The molecule has 1 heterocycles. The lowest BCUT2D eigenvalue weighted by Gasteiger charge is -2.04. The molecule has 0 aliphatic carbocycles. The first-order chi connectivity index (χ1) is 9.36. The highest BCUT2D eigenvalue weighted by molar-refractivity contribution is 5.85. The molecule has 0 fully saturated rings. The van der Waals surface area contributed by atoms with E-state index >= 15 is 0 Å². The number of rotatable bonds is 4. The molecule has 96 valence electrons. The maximum Gasteiger partial charge on any atom is 0.110 e. The second kappa shape index (κ2) is 5.24. The van der Waals surface area contributed by atoms with Crippen molar-refractivity contribution < 1.29 is 0 Å². The van der Waals surface area contributed by atoms with Crippen LogP contribution in [0.15, 0.2) is 48.7 Å². The number of fused-ring (bicyclic) bond motifs is 1. The third-order valence-corrected chi connectivity index (χ3v) is 3.33. The summed E-state index contributed by atoms with van der Waals surface area (Å²) in [5.74, 6) is 1.000. The zero-order valence-corrected chi connectivity index (χ0v) is 10.8. The lowest BCUT2D eigenvalue weighted by Crippen LogP contribution is -2.02. The van der Waals surface area contributed by atoms with E-state index in [-0.39, 0.29) is 0 Å². The number of hydrogen-bond acceptors (Lipinski definition) is 2. The van der Waals surface area contributed by atoms with Crippen LogP contribution >= 0.6 is 0 Å². The summed E-state index contributed by atoms with van der Waals surface area (Å²) in [6.07, 6.45) is 3.56. The fourth-order valence-corrected chi connectivity index (χ4v) is 2.41. The Bertz CT molecular complexity index is 680. The predicted molar refractivity (Wildman–Crippen MR) is 78.1 cm³/mol. The maximum atomic E-state index is 5.55. The van der Waals surface area contributed by atoms with E-state index in [4.69, 9.17) is 5.73 Å². The number of aromatic nitrogens is 2. The molecule has 0 saturated heterocycles. The SMILES string of the molecule is NCCc1cnc(Cc2cccc3ccccc23)[nH]1. The monoisotopic (exact) mass is 251 g/mol. The van der Waals surface area contributed by atoms with Crippen molar-refractivity contribution >= 4 is 10.8 Å². The van der Waals surface area contributed by atoms with Gasteiger partial charge < -0.3 is 10.7 Å². The van der Waals surface area contributed by atoms with Crippen LogP contribution in [-0.4, -0.2) is 16.5 Å². The topological polar surface area (TPSA) is 54.7 Å². The van der Waals surface area contributed by atoms with Crippen molar-refractivity contribution in [2.45, 2.75) is 12.8 Å². The lowest BCUT2D eigenvalue weighted by atomic mass is 10.0. The number of aromatic amines is 1. The van der Waals surface area contributed by atoms with Gasteiger partial charge in [0.05, 0.1) is 0 Å². The predicted octanol–water partition coefficient (Wildman–Crippen LogP) is 2.65. The molecular weight excluding hydrogens is 234 g/mol. The molecule has 0 bridgehead atoms. The number of benzene rings is 2. The van der Waals surface area contributed by atoms with Crippen molar-refractivity contribution in [2.24, 2.45) is 5.73 Å². The van der Waals surface area contributed by atoms with Gasteiger partial charge in [0.1, 0.15) is 5.82 Å². The van der Waals surface area contributed by atoms with Crippen LogP contribution in [0, 0.1) is 0 Å². The number of imidazole rings is 1. The van der Waals surface area contributed by atoms with Gasteiger partial charge in [0.2, 0.25) is 0 Å². The number of nitrogens with one attached hydrogen (secondary N) is 1. The number of nitrogens with zero attached hydrogens (tertiary/aromatic N) is 1. The Morgan fingerprint density at radius 3 is 2.79 bits per heavy atom. The Kier molecular flexibility index (Phi) is 3.29. The summed E-state index contributed by atoms with van der Waals surface area (Å²) in [6, 6.07) is 14.8. The molecule has 0 spiro atoms. The summed E-state index contributed by atoms with van der Waals surface area (Å²) in [7, 11) is 0. The van der Waals surface area contributed by atoms with Crippen molar-refractivity contribution in [1.29, 1.82) is 0 Å². The van der Waals surface area contributed by atoms with E-state index in [1.807, 2.05) is 6.20 Å². The first kappa shape index (κ1) is 11.9. The zero-order chi connectivity index (χ0) is 13.1. The molecule has 0 atom stereocenters. The van der Waals surface area contributed by atoms with Crippen LogP contribution in [0.1, 0.15) is 17.1 Å². The Morgan fingerprint density at radius 2 is 1.89 bits per heavy atom. The van der Waals surface area contributed by atoms with Crippen molar-refractivity contribution in [3.8, 4) is 0 Å². The van der Waals surface area contributed by atoms with Gasteiger partial charge in [-0.15, -0.1) is 0 Å². The Hall–Kier alpha value is -2.13. The van der Waals surface area contributed by atoms with E-state index in [0.717, 1.165) is 24.4 Å². The molecular formula is C16H17N3. The Morgan fingerprint density at radius 1 is 1.05 bits per heavy atom. The van der Waals surface area contributed by atoms with E-state index in [1.165, 1.54) is 16.3 Å². The van der Waals surface area contributed by atoms with Crippen molar-refractivity contribution in [1.82, 2.24) is 9.97 Å². The van der Waals surface area contributed by atoms with Crippen LogP contribution in [-0.2, 0) is 12.8 Å². The average molecular weight is 251 g/mol. The molecule has 2 aromatic carbocycles. The standard InChI is InChI=1S/C16H17N3/c17-9-8-14-11-18-16(19-14)10-13-6-3-5-12-4-1-2-7-15(12)13/h1-7,11H,8-10,17H2,(H,18,19). The molecule has 0 radical (unpaired) electrons. The molecule has 0 amide bonds. The summed E-state index contributed by atoms with van der Waals surface area (Å²) >= 11 is 0. The molecule has 19 heavy (non-hydrogen) atoms. The van der Waals surface area contributed by atoms with E-state index in [0.29, 0.717) is 6.54 Å². The smallest absolute Gasteiger partial charge is 0.110 e. The molecule has 1 aromatic heterocycles. The van der Waals surface area contributed by atoms with E-state index in [9.17, 15) is 0 Å². The molecule has 0 aliphatic heterocycles. The van der Waals surface area contributed by atoms with E-state index in [1.54, 1.807) is 0 Å². The van der Waals surface area contributed by atoms with Gasteiger partial charge in [-0.1, -0.05) is 42.5 Å². The zero-order valence-electron chi connectivity index (χ0n) is 10.8. The highest BCUT2D eigenvalue weighted by atomic mass is 14.9. The molecule has 3 nitrogen and oxygen atoms in total. The molecule has 3 rings (SSSR count). The van der Waals surface area contributed by atoms with Gasteiger partial charge in [0.15, 0.2) is 0 Å². The molecule has 3 heteroatoms. The second-order valence-electron chi connectivity index (χ2n) is 4.71. The summed E-state index contributed by atoms with van der Waals surface area (Å²) in [5, 5.41) is 2.57. The second-order valence-corrected chi connectivity index (χ2v) is 4.71.